The first-order valence-corrected chi connectivity index (χ1v) is 6.41. The van der Waals surface area contributed by atoms with Crippen LogP contribution in [0.1, 0.15) is 11.1 Å². The topological polar surface area (TPSA) is 17.8 Å². The summed E-state index contributed by atoms with van der Waals surface area (Å²) in [5.74, 6) is 0.520. The third-order valence-electron chi connectivity index (χ3n) is 3.13. The van der Waals surface area contributed by atoms with Crippen LogP contribution in [0.15, 0.2) is 48.7 Å². The first-order valence-electron chi connectivity index (χ1n) is 5.88. The Morgan fingerprint density at radius 3 is 2.83 bits per heavy atom. The third kappa shape index (κ3) is 1.79. The average Bonchev–Trinajstić information content (AvgIpc) is 2.83. The van der Waals surface area contributed by atoms with E-state index in [-0.39, 0.29) is 0 Å². The zero-order valence-electron chi connectivity index (χ0n) is 10.1. The molecule has 3 aromatic rings. The Morgan fingerprint density at radius 1 is 1.17 bits per heavy atom. The smallest absolute Gasteiger partial charge is 0.0741 e. The Hall–Kier alpha value is -1.80. The summed E-state index contributed by atoms with van der Waals surface area (Å²) in [5, 5.41) is 5.62. The van der Waals surface area contributed by atoms with Crippen molar-refractivity contribution in [2.24, 2.45) is 0 Å². The van der Waals surface area contributed by atoms with Gasteiger partial charge in [-0.05, 0) is 30.2 Å². The SMILES string of the molecule is Cc1ccc(CCl)cc1-n1ncc2ccccc21. The number of alkyl halides is 1. The molecule has 0 atom stereocenters. The number of nitrogens with zero attached hydrogens (tertiary/aromatic N) is 2. The van der Waals surface area contributed by atoms with Gasteiger partial charge in [-0.25, -0.2) is 4.68 Å². The van der Waals surface area contributed by atoms with Gasteiger partial charge >= 0.3 is 0 Å². The van der Waals surface area contributed by atoms with Crippen LogP contribution in [0.2, 0.25) is 0 Å². The summed E-state index contributed by atoms with van der Waals surface area (Å²) in [6.07, 6.45) is 1.89. The Morgan fingerprint density at radius 2 is 2.00 bits per heavy atom. The van der Waals surface area contributed by atoms with E-state index in [9.17, 15) is 0 Å². The lowest BCUT2D eigenvalue weighted by atomic mass is 10.1. The molecule has 0 aliphatic carbocycles. The minimum absolute atomic E-state index is 0.520. The molecule has 0 aliphatic heterocycles. The second kappa shape index (κ2) is 4.46. The van der Waals surface area contributed by atoms with E-state index in [0.717, 1.165) is 22.2 Å². The summed E-state index contributed by atoms with van der Waals surface area (Å²) in [4.78, 5) is 0. The fraction of sp³-hybridized carbons (Fsp3) is 0.133. The lowest BCUT2D eigenvalue weighted by molar-refractivity contribution is 0.900. The highest BCUT2D eigenvalue weighted by Crippen LogP contribution is 2.22. The van der Waals surface area contributed by atoms with E-state index in [1.54, 1.807) is 0 Å². The van der Waals surface area contributed by atoms with Crippen LogP contribution < -0.4 is 0 Å². The van der Waals surface area contributed by atoms with E-state index in [1.807, 2.05) is 23.0 Å². The fourth-order valence-electron chi connectivity index (χ4n) is 2.13. The maximum atomic E-state index is 5.90. The van der Waals surface area contributed by atoms with Crippen molar-refractivity contribution in [1.82, 2.24) is 9.78 Å². The minimum Gasteiger partial charge on any atom is -0.233 e. The summed E-state index contributed by atoms with van der Waals surface area (Å²) >= 11 is 5.90. The molecule has 1 aromatic heterocycles. The molecule has 3 heteroatoms. The number of fused-ring (bicyclic) bond motifs is 1. The quantitative estimate of drug-likeness (QED) is 0.632. The molecule has 2 aromatic carbocycles. The van der Waals surface area contributed by atoms with E-state index in [1.165, 1.54) is 5.56 Å². The van der Waals surface area contributed by atoms with E-state index in [0.29, 0.717) is 5.88 Å². The summed E-state index contributed by atoms with van der Waals surface area (Å²) in [7, 11) is 0. The number of aromatic nitrogens is 2. The van der Waals surface area contributed by atoms with Crippen molar-refractivity contribution in [1.29, 1.82) is 0 Å². The molecule has 2 nitrogen and oxygen atoms in total. The van der Waals surface area contributed by atoms with Gasteiger partial charge in [-0.15, -0.1) is 11.6 Å². The molecule has 0 spiro atoms. The lowest BCUT2D eigenvalue weighted by Gasteiger charge is -2.09. The third-order valence-corrected chi connectivity index (χ3v) is 3.44. The highest BCUT2D eigenvalue weighted by Gasteiger charge is 2.07. The molecule has 0 unspecified atom stereocenters. The molecule has 0 fully saturated rings. The zero-order chi connectivity index (χ0) is 12.5. The van der Waals surface area contributed by atoms with Crippen molar-refractivity contribution >= 4 is 22.5 Å². The number of aryl methyl sites for hydroxylation is 1. The first kappa shape index (κ1) is 11.3. The number of rotatable bonds is 2. The van der Waals surface area contributed by atoms with Crippen LogP contribution in [0, 0.1) is 6.92 Å². The van der Waals surface area contributed by atoms with Crippen molar-refractivity contribution in [3.8, 4) is 5.69 Å². The standard InChI is InChI=1S/C15H13ClN2/c1-11-6-7-12(9-16)8-15(11)18-14-5-3-2-4-13(14)10-17-18/h2-8,10H,9H2,1H3. The van der Waals surface area contributed by atoms with Crippen LogP contribution in [0.3, 0.4) is 0 Å². The molecule has 0 saturated heterocycles. The predicted molar refractivity (Wildman–Crippen MR) is 75.4 cm³/mol. The van der Waals surface area contributed by atoms with Crippen LogP contribution in [-0.4, -0.2) is 9.78 Å². The van der Waals surface area contributed by atoms with Gasteiger partial charge in [0.05, 0.1) is 17.4 Å². The molecule has 0 bridgehead atoms. The predicted octanol–water partition coefficient (Wildman–Crippen LogP) is 4.07. The molecule has 0 saturated carbocycles. The highest BCUT2D eigenvalue weighted by atomic mass is 35.5. The maximum absolute atomic E-state index is 5.90. The molecule has 90 valence electrons. The molecule has 1 heterocycles. The van der Waals surface area contributed by atoms with Gasteiger partial charge in [0.15, 0.2) is 0 Å². The number of halogens is 1. The van der Waals surface area contributed by atoms with Gasteiger partial charge in [-0.1, -0.05) is 30.3 Å². The fourth-order valence-corrected chi connectivity index (χ4v) is 2.30. The van der Waals surface area contributed by atoms with Gasteiger partial charge in [0, 0.05) is 11.3 Å². The molecular formula is C15H13ClN2. The van der Waals surface area contributed by atoms with E-state index in [2.05, 4.69) is 42.4 Å². The van der Waals surface area contributed by atoms with Gasteiger partial charge in [0.2, 0.25) is 0 Å². The van der Waals surface area contributed by atoms with Crippen molar-refractivity contribution in [3.05, 3.63) is 59.8 Å². The normalized spacial score (nSPS) is 11.0. The largest absolute Gasteiger partial charge is 0.233 e. The molecule has 0 amide bonds. The number of hydrogen-bond donors (Lipinski definition) is 0. The monoisotopic (exact) mass is 256 g/mol. The molecular weight excluding hydrogens is 244 g/mol. The molecule has 0 aliphatic rings. The van der Waals surface area contributed by atoms with Gasteiger partial charge < -0.3 is 0 Å². The van der Waals surface area contributed by atoms with E-state index in [4.69, 9.17) is 11.6 Å². The van der Waals surface area contributed by atoms with Crippen molar-refractivity contribution in [2.75, 3.05) is 0 Å². The highest BCUT2D eigenvalue weighted by molar-refractivity contribution is 6.17. The number of benzene rings is 2. The lowest BCUT2D eigenvalue weighted by Crippen LogP contribution is -1.99. The summed E-state index contributed by atoms with van der Waals surface area (Å²) in [5.41, 5.74) is 4.51. The number of hydrogen-bond acceptors (Lipinski definition) is 1. The second-order valence-electron chi connectivity index (χ2n) is 4.37. The van der Waals surface area contributed by atoms with Crippen molar-refractivity contribution in [2.45, 2.75) is 12.8 Å². The summed E-state index contributed by atoms with van der Waals surface area (Å²) in [6.45, 7) is 2.09. The van der Waals surface area contributed by atoms with Crippen molar-refractivity contribution < 1.29 is 0 Å². The van der Waals surface area contributed by atoms with Gasteiger partial charge in [0.1, 0.15) is 0 Å². The van der Waals surface area contributed by atoms with Crippen molar-refractivity contribution in [3.63, 3.8) is 0 Å². The average molecular weight is 257 g/mol. The van der Waals surface area contributed by atoms with Gasteiger partial charge in [0.25, 0.3) is 0 Å². The minimum atomic E-state index is 0.520. The van der Waals surface area contributed by atoms with Crippen LogP contribution in [0.25, 0.3) is 16.6 Å². The summed E-state index contributed by atoms with van der Waals surface area (Å²) < 4.78 is 1.97. The second-order valence-corrected chi connectivity index (χ2v) is 4.64. The Balaban J connectivity index is 2.25. The van der Waals surface area contributed by atoms with Crippen LogP contribution in [0.5, 0.6) is 0 Å². The van der Waals surface area contributed by atoms with Gasteiger partial charge in [-0.2, -0.15) is 5.10 Å². The van der Waals surface area contributed by atoms with Crippen LogP contribution in [0.4, 0.5) is 0 Å². The van der Waals surface area contributed by atoms with Crippen LogP contribution >= 0.6 is 11.6 Å². The summed E-state index contributed by atoms with van der Waals surface area (Å²) in [6, 6.07) is 14.4. The maximum Gasteiger partial charge on any atom is 0.0741 e. The number of para-hydroxylation sites is 1. The van der Waals surface area contributed by atoms with Gasteiger partial charge in [-0.3, -0.25) is 0 Å². The molecule has 0 radical (unpaired) electrons. The molecule has 18 heavy (non-hydrogen) atoms. The van der Waals surface area contributed by atoms with Crippen LogP contribution in [-0.2, 0) is 5.88 Å². The molecule has 3 rings (SSSR count). The molecule has 0 N–H and O–H groups in total. The Labute approximate surface area is 111 Å². The zero-order valence-corrected chi connectivity index (χ0v) is 10.9. The Kier molecular flexibility index (Phi) is 2.80. The van der Waals surface area contributed by atoms with E-state index >= 15 is 0 Å². The Bertz CT molecular complexity index is 701. The first-order chi connectivity index (χ1) is 8.79. The van der Waals surface area contributed by atoms with E-state index < -0.39 is 0 Å².